The van der Waals surface area contributed by atoms with Crippen molar-refractivity contribution in [1.29, 1.82) is 0 Å². The van der Waals surface area contributed by atoms with Crippen molar-refractivity contribution >= 4 is 0 Å². The molecule has 0 spiro atoms. The summed E-state index contributed by atoms with van der Waals surface area (Å²) in [4.78, 5) is 0. The zero-order valence-corrected chi connectivity index (χ0v) is 12.4. The van der Waals surface area contributed by atoms with Crippen LogP contribution in [0.5, 0.6) is 0 Å². The fourth-order valence-electron chi connectivity index (χ4n) is 2.26. The molecule has 0 bridgehead atoms. The summed E-state index contributed by atoms with van der Waals surface area (Å²) in [5.74, 6) is 0.814. The summed E-state index contributed by atoms with van der Waals surface area (Å²) in [5.41, 5.74) is 1.45. The first kappa shape index (κ1) is 15.2. The molecule has 2 atom stereocenters. The summed E-state index contributed by atoms with van der Waals surface area (Å²) in [5, 5.41) is 3.71. The smallest absolute Gasteiger partial charge is 0.00443 e. The Morgan fingerprint density at radius 1 is 0.833 bits per heavy atom. The monoisotopic (exact) mass is 247 g/mol. The molecule has 0 aliphatic rings. The molecule has 0 aliphatic carbocycles. The second-order valence-electron chi connectivity index (χ2n) is 5.96. The van der Waals surface area contributed by atoms with Gasteiger partial charge in [-0.3, -0.25) is 0 Å². The van der Waals surface area contributed by atoms with Crippen LogP contribution >= 0.6 is 0 Å². The normalized spacial score (nSPS) is 14.7. The molecular formula is C17H29N. The first-order chi connectivity index (χ1) is 8.58. The fraction of sp³-hybridized carbons (Fsp3) is 0.647. The third-order valence-electron chi connectivity index (χ3n) is 3.45. The number of hydrogen-bond donors (Lipinski definition) is 1. The molecule has 1 aromatic rings. The third-order valence-corrected chi connectivity index (χ3v) is 3.45. The first-order valence-corrected chi connectivity index (χ1v) is 7.38. The molecule has 1 heteroatoms. The third kappa shape index (κ3) is 6.80. The van der Waals surface area contributed by atoms with E-state index in [1.807, 2.05) is 0 Å². The predicted octanol–water partition coefficient (Wildman–Crippen LogP) is 4.42. The lowest BCUT2D eigenvalue weighted by molar-refractivity contribution is 0.400. The number of nitrogens with one attached hydrogen (secondary N) is 1. The van der Waals surface area contributed by atoms with Gasteiger partial charge in [0.05, 0.1) is 0 Å². The molecule has 1 aromatic carbocycles. The highest BCUT2D eigenvalue weighted by molar-refractivity contribution is 5.14. The highest BCUT2D eigenvalue weighted by Crippen LogP contribution is 2.09. The van der Waals surface area contributed by atoms with Gasteiger partial charge in [0.2, 0.25) is 0 Å². The number of aryl methyl sites for hydroxylation is 1. The number of rotatable bonds is 8. The average molecular weight is 247 g/mol. The van der Waals surface area contributed by atoms with Crippen molar-refractivity contribution in [2.45, 2.75) is 65.5 Å². The zero-order valence-electron chi connectivity index (χ0n) is 12.4. The maximum Gasteiger partial charge on any atom is 0.00443 e. The molecule has 0 saturated carbocycles. The van der Waals surface area contributed by atoms with Gasteiger partial charge in [0.15, 0.2) is 0 Å². The van der Waals surface area contributed by atoms with Gasteiger partial charge in [0, 0.05) is 12.1 Å². The lowest BCUT2D eigenvalue weighted by atomic mass is 10.0. The van der Waals surface area contributed by atoms with Crippen LogP contribution in [0.1, 0.15) is 52.5 Å². The van der Waals surface area contributed by atoms with E-state index in [2.05, 4.69) is 63.3 Å². The van der Waals surface area contributed by atoms with E-state index >= 15 is 0 Å². The Balaban J connectivity index is 2.19. The van der Waals surface area contributed by atoms with Crippen LogP contribution < -0.4 is 5.32 Å². The van der Waals surface area contributed by atoms with E-state index in [0.29, 0.717) is 12.1 Å². The van der Waals surface area contributed by atoms with Gasteiger partial charge in [-0.2, -0.15) is 0 Å². The Morgan fingerprint density at radius 2 is 1.44 bits per heavy atom. The van der Waals surface area contributed by atoms with Gasteiger partial charge in [-0.15, -0.1) is 0 Å². The second-order valence-corrected chi connectivity index (χ2v) is 5.96. The fourth-order valence-corrected chi connectivity index (χ4v) is 2.26. The summed E-state index contributed by atoms with van der Waals surface area (Å²) in [6, 6.07) is 12.0. The van der Waals surface area contributed by atoms with Crippen molar-refractivity contribution < 1.29 is 0 Å². The molecule has 1 rings (SSSR count). The van der Waals surface area contributed by atoms with Crippen molar-refractivity contribution in [2.75, 3.05) is 0 Å². The lowest BCUT2D eigenvalue weighted by Gasteiger charge is -2.20. The van der Waals surface area contributed by atoms with Crippen LogP contribution in [0, 0.1) is 5.92 Å². The summed E-state index contributed by atoms with van der Waals surface area (Å²) in [7, 11) is 0. The molecule has 0 amide bonds. The summed E-state index contributed by atoms with van der Waals surface area (Å²) < 4.78 is 0. The maximum atomic E-state index is 3.71. The highest BCUT2D eigenvalue weighted by atomic mass is 14.9. The van der Waals surface area contributed by atoms with Crippen LogP contribution in [-0.4, -0.2) is 12.1 Å². The van der Waals surface area contributed by atoms with E-state index in [4.69, 9.17) is 0 Å². The Morgan fingerprint density at radius 3 is 2.06 bits per heavy atom. The van der Waals surface area contributed by atoms with E-state index in [-0.39, 0.29) is 0 Å². The minimum atomic E-state index is 0.604. The number of benzene rings is 1. The van der Waals surface area contributed by atoms with Gasteiger partial charge >= 0.3 is 0 Å². The van der Waals surface area contributed by atoms with Crippen molar-refractivity contribution in [3.05, 3.63) is 35.9 Å². The van der Waals surface area contributed by atoms with Crippen LogP contribution in [0.3, 0.4) is 0 Å². The maximum absolute atomic E-state index is 3.71. The van der Waals surface area contributed by atoms with Crippen molar-refractivity contribution in [3.8, 4) is 0 Å². The predicted molar refractivity (Wildman–Crippen MR) is 80.9 cm³/mol. The number of hydrogen-bond acceptors (Lipinski definition) is 1. The van der Waals surface area contributed by atoms with E-state index < -0.39 is 0 Å². The highest BCUT2D eigenvalue weighted by Gasteiger charge is 2.08. The van der Waals surface area contributed by atoms with E-state index in [0.717, 1.165) is 5.92 Å². The molecule has 0 fully saturated rings. The first-order valence-electron chi connectivity index (χ1n) is 7.38. The largest absolute Gasteiger partial charge is 0.312 e. The molecule has 0 aromatic heterocycles. The molecule has 1 N–H and O–H groups in total. The van der Waals surface area contributed by atoms with E-state index in [1.165, 1.54) is 31.2 Å². The zero-order chi connectivity index (χ0) is 13.4. The van der Waals surface area contributed by atoms with Gasteiger partial charge < -0.3 is 5.32 Å². The quantitative estimate of drug-likeness (QED) is 0.717. The van der Waals surface area contributed by atoms with Gasteiger partial charge in [-0.05, 0) is 51.0 Å². The van der Waals surface area contributed by atoms with Gasteiger partial charge in [-0.1, -0.05) is 44.2 Å². The lowest BCUT2D eigenvalue weighted by Crippen LogP contribution is -2.34. The van der Waals surface area contributed by atoms with Crippen LogP contribution in [0.2, 0.25) is 0 Å². The van der Waals surface area contributed by atoms with Gasteiger partial charge in [0.1, 0.15) is 0 Å². The molecule has 102 valence electrons. The topological polar surface area (TPSA) is 12.0 Å². The molecule has 0 radical (unpaired) electrons. The molecule has 1 nitrogen and oxygen atoms in total. The minimum Gasteiger partial charge on any atom is -0.312 e. The molecule has 0 aliphatic heterocycles. The van der Waals surface area contributed by atoms with Gasteiger partial charge in [-0.25, -0.2) is 0 Å². The van der Waals surface area contributed by atoms with Crippen LogP contribution in [0.25, 0.3) is 0 Å². The van der Waals surface area contributed by atoms with Crippen LogP contribution in [0.4, 0.5) is 0 Å². The Kier molecular flexibility index (Phi) is 7.04. The van der Waals surface area contributed by atoms with Crippen molar-refractivity contribution in [3.63, 3.8) is 0 Å². The molecule has 0 saturated heterocycles. The van der Waals surface area contributed by atoms with E-state index in [1.54, 1.807) is 0 Å². The Hall–Kier alpha value is -0.820. The summed E-state index contributed by atoms with van der Waals surface area (Å²) in [6.07, 6.45) is 4.99. The van der Waals surface area contributed by atoms with Crippen molar-refractivity contribution in [1.82, 2.24) is 5.32 Å². The summed E-state index contributed by atoms with van der Waals surface area (Å²) >= 11 is 0. The van der Waals surface area contributed by atoms with Crippen LogP contribution in [-0.2, 0) is 6.42 Å². The molecular weight excluding hydrogens is 218 g/mol. The average Bonchev–Trinajstić information content (AvgIpc) is 2.35. The molecule has 0 heterocycles. The Labute approximate surface area is 113 Å². The van der Waals surface area contributed by atoms with Gasteiger partial charge in [0.25, 0.3) is 0 Å². The van der Waals surface area contributed by atoms with E-state index in [9.17, 15) is 0 Å². The minimum absolute atomic E-state index is 0.604. The standard InChI is InChI=1S/C17H29N/c1-14(2)10-11-15(3)18-16(4)12-13-17-8-6-5-7-9-17/h5-9,14-16,18H,10-13H2,1-4H3. The van der Waals surface area contributed by atoms with Crippen LogP contribution in [0.15, 0.2) is 30.3 Å². The second kappa shape index (κ2) is 8.31. The molecule has 2 unspecified atom stereocenters. The molecule has 18 heavy (non-hydrogen) atoms. The van der Waals surface area contributed by atoms with Crippen molar-refractivity contribution in [2.24, 2.45) is 5.92 Å². The SMILES string of the molecule is CC(C)CCC(C)NC(C)CCc1ccccc1. The Bertz CT molecular complexity index is 305. The summed E-state index contributed by atoms with van der Waals surface area (Å²) in [6.45, 7) is 9.20.